The summed E-state index contributed by atoms with van der Waals surface area (Å²) in [7, 11) is 0. The Morgan fingerprint density at radius 1 is 1.12 bits per heavy atom. The zero-order valence-electron chi connectivity index (χ0n) is 18.0. The number of carbonyl (C=O) groups is 3. The molecule has 3 aromatic rings. The van der Waals surface area contributed by atoms with Crippen LogP contribution in [0.5, 0.6) is 0 Å². The molecular weight excluding hydrogens is 408 g/mol. The van der Waals surface area contributed by atoms with E-state index in [-0.39, 0.29) is 36.6 Å². The van der Waals surface area contributed by atoms with Gasteiger partial charge in [0.05, 0.1) is 17.3 Å². The highest BCUT2D eigenvalue weighted by Gasteiger charge is 2.28. The number of fused-ring (bicyclic) bond motifs is 2. The summed E-state index contributed by atoms with van der Waals surface area (Å²) in [6.45, 7) is 4.15. The highest BCUT2D eigenvalue weighted by atomic mass is 16.2. The molecule has 0 radical (unpaired) electrons. The van der Waals surface area contributed by atoms with Crippen LogP contribution in [0.1, 0.15) is 55.3 Å². The van der Waals surface area contributed by atoms with Gasteiger partial charge in [0.1, 0.15) is 6.04 Å². The van der Waals surface area contributed by atoms with Crippen LogP contribution in [0.2, 0.25) is 0 Å². The fourth-order valence-corrected chi connectivity index (χ4v) is 3.85. The minimum atomic E-state index is -0.793. The van der Waals surface area contributed by atoms with Gasteiger partial charge in [-0.2, -0.15) is 0 Å². The van der Waals surface area contributed by atoms with Crippen molar-refractivity contribution in [3.8, 4) is 0 Å². The van der Waals surface area contributed by atoms with Crippen LogP contribution in [0.25, 0.3) is 5.65 Å². The van der Waals surface area contributed by atoms with E-state index in [9.17, 15) is 14.4 Å². The number of amides is 3. The van der Waals surface area contributed by atoms with Gasteiger partial charge in [-0.05, 0) is 43.0 Å². The first kappa shape index (κ1) is 21.5. The number of rotatable bonds is 7. The molecule has 32 heavy (non-hydrogen) atoms. The first-order valence-electron chi connectivity index (χ1n) is 10.7. The van der Waals surface area contributed by atoms with Crippen molar-refractivity contribution >= 4 is 29.1 Å². The van der Waals surface area contributed by atoms with E-state index in [4.69, 9.17) is 0 Å². The second-order valence-corrected chi connectivity index (χ2v) is 8.34. The molecule has 1 aromatic carbocycles. The molecule has 2 atom stereocenters. The summed E-state index contributed by atoms with van der Waals surface area (Å²) in [5.74, 6) is 0.0998. The quantitative estimate of drug-likeness (QED) is 0.528. The number of aromatic nitrogens is 3. The number of hydrogen-bond acceptors (Lipinski definition) is 5. The van der Waals surface area contributed by atoms with Crippen molar-refractivity contribution in [3.63, 3.8) is 0 Å². The third kappa shape index (κ3) is 4.61. The Balaban J connectivity index is 1.43. The van der Waals surface area contributed by atoms with Crippen LogP contribution in [0.15, 0.2) is 48.7 Å². The van der Waals surface area contributed by atoms with Crippen molar-refractivity contribution in [1.82, 2.24) is 25.2 Å². The van der Waals surface area contributed by atoms with Crippen molar-refractivity contribution in [2.75, 3.05) is 5.32 Å². The molecule has 0 saturated carbocycles. The van der Waals surface area contributed by atoms with Crippen molar-refractivity contribution < 1.29 is 14.4 Å². The van der Waals surface area contributed by atoms with Crippen LogP contribution >= 0.6 is 0 Å². The molecule has 1 aliphatic rings. The van der Waals surface area contributed by atoms with Crippen LogP contribution in [0.4, 0.5) is 5.69 Å². The summed E-state index contributed by atoms with van der Waals surface area (Å²) < 4.78 is 1.86. The third-order valence-corrected chi connectivity index (χ3v) is 5.41. The Hall–Kier alpha value is -3.75. The summed E-state index contributed by atoms with van der Waals surface area (Å²) >= 11 is 0. The molecule has 1 aliphatic heterocycles. The summed E-state index contributed by atoms with van der Waals surface area (Å²) in [4.78, 5) is 37.8. The van der Waals surface area contributed by atoms with Crippen LogP contribution in [-0.4, -0.2) is 38.4 Å². The molecule has 3 heterocycles. The third-order valence-electron chi connectivity index (χ3n) is 5.41. The average molecular weight is 435 g/mol. The molecule has 9 nitrogen and oxygen atoms in total. The number of carbonyl (C=O) groups excluding carboxylic acids is 3. The van der Waals surface area contributed by atoms with Crippen LogP contribution in [0, 0.1) is 5.92 Å². The Morgan fingerprint density at radius 2 is 1.91 bits per heavy atom. The van der Waals surface area contributed by atoms with E-state index < -0.39 is 6.04 Å². The highest BCUT2D eigenvalue weighted by molar-refractivity contribution is 6.09. The molecule has 166 valence electrons. The maximum absolute atomic E-state index is 12.8. The zero-order chi connectivity index (χ0) is 22.7. The number of benzene rings is 1. The molecule has 0 fully saturated rings. The minimum Gasteiger partial charge on any atom is -0.346 e. The first-order chi connectivity index (χ1) is 15.4. The molecule has 2 aromatic heterocycles. The SMILES string of the molecule is CC(C)CC(NC(=O)CC[C@@H]1NC(=O)c2ccccc2NC1=O)c1nnc2ccccn12. The van der Waals surface area contributed by atoms with Gasteiger partial charge in [-0.3, -0.25) is 18.8 Å². The van der Waals surface area contributed by atoms with Gasteiger partial charge in [0.25, 0.3) is 5.91 Å². The molecule has 0 aliphatic carbocycles. The van der Waals surface area contributed by atoms with Crippen molar-refractivity contribution in [2.24, 2.45) is 5.92 Å². The van der Waals surface area contributed by atoms with E-state index >= 15 is 0 Å². The van der Waals surface area contributed by atoms with E-state index in [2.05, 4.69) is 40.0 Å². The number of hydrogen-bond donors (Lipinski definition) is 3. The standard InChI is InChI=1S/C23H26N6O3/c1-14(2)13-18(21-28-27-19-9-5-6-12-29(19)21)24-20(30)11-10-17-23(32)25-16-8-4-3-7-15(16)22(31)26-17/h3-9,12,14,17-18H,10-11,13H2,1-2H3,(H,24,30)(H,25,32)(H,26,31)/t17-,18?/m0/s1. The summed E-state index contributed by atoms with van der Waals surface area (Å²) in [6, 6.07) is 11.3. The average Bonchev–Trinajstić information content (AvgIpc) is 3.15. The number of anilines is 1. The van der Waals surface area contributed by atoms with Gasteiger partial charge in [-0.25, -0.2) is 0 Å². The van der Waals surface area contributed by atoms with Gasteiger partial charge in [0, 0.05) is 12.6 Å². The smallest absolute Gasteiger partial charge is 0.254 e. The first-order valence-corrected chi connectivity index (χ1v) is 10.7. The normalized spacial score (nSPS) is 16.8. The molecule has 4 rings (SSSR count). The van der Waals surface area contributed by atoms with E-state index in [1.54, 1.807) is 24.3 Å². The maximum atomic E-state index is 12.8. The van der Waals surface area contributed by atoms with Gasteiger partial charge < -0.3 is 16.0 Å². The lowest BCUT2D eigenvalue weighted by Crippen LogP contribution is -2.42. The van der Waals surface area contributed by atoms with Crippen molar-refractivity contribution in [1.29, 1.82) is 0 Å². The van der Waals surface area contributed by atoms with Crippen LogP contribution in [-0.2, 0) is 9.59 Å². The number of para-hydroxylation sites is 1. The Labute approximate surface area is 185 Å². The van der Waals surface area contributed by atoms with Crippen molar-refractivity contribution in [2.45, 2.75) is 45.2 Å². The van der Waals surface area contributed by atoms with E-state index in [0.29, 0.717) is 35.1 Å². The predicted octanol–water partition coefficient (Wildman–Crippen LogP) is 2.46. The van der Waals surface area contributed by atoms with Crippen LogP contribution < -0.4 is 16.0 Å². The van der Waals surface area contributed by atoms with Gasteiger partial charge >= 0.3 is 0 Å². The predicted molar refractivity (Wildman–Crippen MR) is 119 cm³/mol. The van der Waals surface area contributed by atoms with Crippen molar-refractivity contribution in [3.05, 3.63) is 60.0 Å². The topological polar surface area (TPSA) is 117 Å². The number of nitrogens with zero attached hydrogens (tertiary/aromatic N) is 3. The number of nitrogens with one attached hydrogen (secondary N) is 3. The van der Waals surface area contributed by atoms with Gasteiger partial charge in [0.15, 0.2) is 11.5 Å². The van der Waals surface area contributed by atoms with Gasteiger partial charge in [0.2, 0.25) is 11.8 Å². The molecule has 1 unspecified atom stereocenters. The second kappa shape index (κ2) is 9.17. The lowest BCUT2D eigenvalue weighted by atomic mass is 10.0. The van der Waals surface area contributed by atoms with Crippen LogP contribution in [0.3, 0.4) is 0 Å². The second-order valence-electron chi connectivity index (χ2n) is 8.34. The molecule has 0 spiro atoms. The largest absolute Gasteiger partial charge is 0.346 e. The maximum Gasteiger partial charge on any atom is 0.254 e. The summed E-state index contributed by atoms with van der Waals surface area (Å²) in [5.41, 5.74) is 1.59. The Morgan fingerprint density at radius 3 is 2.72 bits per heavy atom. The molecule has 3 N–H and O–H groups in total. The van der Waals surface area contributed by atoms with Gasteiger partial charge in [-0.1, -0.05) is 32.0 Å². The molecule has 3 amide bonds. The highest BCUT2D eigenvalue weighted by Crippen LogP contribution is 2.22. The Kier molecular flexibility index (Phi) is 6.16. The Bertz CT molecular complexity index is 1160. The molecule has 9 heteroatoms. The molecular formula is C23H26N6O3. The molecule has 0 saturated heterocycles. The molecule has 0 bridgehead atoms. The minimum absolute atomic E-state index is 0.0834. The number of pyridine rings is 1. The lowest BCUT2D eigenvalue weighted by Gasteiger charge is -2.20. The fraction of sp³-hybridized carbons (Fsp3) is 0.348. The monoisotopic (exact) mass is 434 g/mol. The zero-order valence-corrected chi connectivity index (χ0v) is 18.0. The van der Waals surface area contributed by atoms with E-state index in [1.165, 1.54) is 0 Å². The lowest BCUT2D eigenvalue weighted by molar-refractivity contribution is -0.122. The van der Waals surface area contributed by atoms with E-state index in [0.717, 1.165) is 0 Å². The van der Waals surface area contributed by atoms with E-state index in [1.807, 2.05) is 28.8 Å². The van der Waals surface area contributed by atoms with Gasteiger partial charge in [-0.15, -0.1) is 10.2 Å². The summed E-state index contributed by atoms with van der Waals surface area (Å²) in [5, 5.41) is 17.0. The summed E-state index contributed by atoms with van der Waals surface area (Å²) in [6.07, 6.45) is 2.83. The fourth-order valence-electron chi connectivity index (χ4n) is 3.85.